The van der Waals surface area contributed by atoms with Crippen LogP contribution in [0.2, 0.25) is 0 Å². The first kappa shape index (κ1) is 18.8. The first-order valence-electron chi connectivity index (χ1n) is 9.17. The summed E-state index contributed by atoms with van der Waals surface area (Å²) in [5.74, 6) is -0.524. The van der Waals surface area contributed by atoms with Crippen molar-refractivity contribution in [2.75, 3.05) is 42.9 Å². The molecule has 0 aliphatic carbocycles. The minimum atomic E-state index is -0.528. The molecule has 7 nitrogen and oxygen atoms in total. The van der Waals surface area contributed by atoms with Crippen molar-refractivity contribution in [2.45, 2.75) is 13.3 Å². The Morgan fingerprint density at radius 2 is 1.89 bits per heavy atom. The minimum absolute atomic E-state index is 0.00396. The quantitative estimate of drug-likeness (QED) is 0.807. The lowest BCUT2D eigenvalue weighted by atomic mass is 10.1. The van der Waals surface area contributed by atoms with Crippen molar-refractivity contribution >= 4 is 23.2 Å². The predicted octanol–water partition coefficient (Wildman–Crippen LogP) is 1.50. The molecule has 0 spiro atoms. The molecule has 1 aliphatic rings. The molecular weight excluding hydrogens is 342 g/mol. The number of hydrogen-bond acceptors (Lipinski definition) is 5. The van der Waals surface area contributed by atoms with Gasteiger partial charge >= 0.3 is 0 Å². The van der Waals surface area contributed by atoms with Crippen LogP contribution in [0.4, 0.5) is 11.4 Å². The van der Waals surface area contributed by atoms with E-state index in [0.717, 1.165) is 49.5 Å². The van der Waals surface area contributed by atoms with E-state index >= 15 is 0 Å². The summed E-state index contributed by atoms with van der Waals surface area (Å²) in [5.41, 5.74) is 8.52. The Kier molecular flexibility index (Phi) is 6.03. The number of para-hydroxylation sites is 1. The fourth-order valence-electron chi connectivity index (χ4n) is 3.26. The molecular formula is C20H25N5O2. The highest BCUT2D eigenvalue weighted by molar-refractivity contribution is 5.93. The smallest absolute Gasteiger partial charge is 0.267 e. The summed E-state index contributed by atoms with van der Waals surface area (Å²) < 4.78 is 0. The summed E-state index contributed by atoms with van der Waals surface area (Å²) in [6.45, 7) is 5.55. The molecule has 0 bridgehead atoms. The fourth-order valence-corrected chi connectivity index (χ4v) is 3.26. The second-order valence-corrected chi connectivity index (χ2v) is 6.59. The van der Waals surface area contributed by atoms with E-state index in [2.05, 4.69) is 27.0 Å². The van der Waals surface area contributed by atoms with Crippen LogP contribution >= 0.6 is 0 Å². The summed E-state index contributed by atoms with van der Waals surface area (Å²) in [4.78, 5) is 32.0. The van der Waals surface area contributed by atoms with Crippen molar-refractivity contribution < 1.29 is 9.59 Å². The summed E-state index contributed by atoms with van der Waals surface area (Å²) in [6, 6.07) is 11.5. The highest BCUT2D eigenvalue weighted by atomic mass is 16.2. The molecule has 142 valence electrons. The van der Waals surface area contributed by atoms with Gasteiger partial charge in [0.25, 0.3) is 5.91 Å². The van der Waals surface area contributed by atoms with Gasteiger partial charge < -0.3 is 16.0 Å². The van der Waals surface area contributed by atoms with Crippen molar-refractivity contribution in [3.05, 3.63) is 53.9 Å². The third-order valence-electron chi connectivity index (χ3n) is 4.77. The summed E-state index contributed by atoms with van der Waals surface area (Å²) in [6.07, 6.45) is 2.48. The lowest BCUT2D eigenvalue weighted by Crippen LogP contribution is -2.48. The number of nitrogens with two attached hydrogens (primary N) is 1. The third kappa shape index (κ3) is 4.83. The number of benzene rings is 1. The van der Waals surface area contributed by atoms with Gasteiger partial charge in [0.15, 0.2) is 0 Å². The Balaban J connectivity index is 1.53. The zero-order valence-corrected chi connectivity index (χ0v) is 15.5. The molecule has 3 N–H and O–H groups in total. The van der Waals surface area contributed by atoms with Gasteiger partial charge in [-0.1, -0.05) is 25.1 Å². The number of hydrogen-bond donors (Lipinski definition) is 2. The van der Waals surface area contributed by atoms with Gasteiger partial charge in [0.2, 0.25) is 5.91 Å². The molecule has 1 fully saturated rings. The van der Waals surface area contributed by atoms with Crippen LogP contribution in [0, 0.1) is 0 Å². The van der Waals surface area contributed by atoms with Crippen molar-refractivity contribution in [1.82, 2.24) is 9.88 Å². The highest BCUT2D eigenvalue weighted by Crippen LogP contribution is 2.18. The maximum absolute atomic E-state index is 12.4. The molecule has 0 unspecified atom stereocenters. The van der Waals surface area contributed by atoms with Gasteiger partial charge in [-0.05, 0) is 30.2 Å². The van der Waals surface area contributed by atoms with Crippen molar-refractivity contribution in [2.24, 2.45) is 5.73 Å². The molecule has 0 radical (unpaired) electrons. The van der Waals surface area contributed by atoms with Crippen molar-refractivity contribution in [1.29, 1.82) is 0 Å². The number of nitrogens with one attached hydrogen (secondary N) is 1. The molecule has 2 heterocycles. The molecule has 2 aromatic rings. The molecule has 1 aliphatic heterocycles. The fraction of sp³-hybridized carbons (Fsp3) is 0.350. The number of carbonyl (C=O) groups is 2. The number of nitrogens with zero attached hydrogens (tertiary/aromatic N) is 3. The van der Waals surface area contributed by atoms with E-state index in [1.54, 1.807) is 12.3 Å². The van der Waals surface area contributed by atoms with E-state index in [0.29, 0.717) is 6.54 Å². The number of anilines is 2. The first-order chi connectivity index (χ1) is 13.1. The number of amides is 2. The molecule has 1 saturated heterocycles. The molecule has 1 aromatic carbocycles. The highest BCUT2D eigenvalue weighted by Gasteiger charge is 2.20. The largest absolute Gasteiger partial charge is 0.369 e. The number of pyridine rings is 1. The molecule has 7 heteroatoms. The molecule has 0 atom stereocenters. The van der Waals surface area contributed by atoms with Crippen molar-refractivity contribution in [3.63, 3.8) is 0 Å². The molecule has 2 amide bonds. The van der Waals surface area contributed by atoms with E-state index in [9.17, 15) is 9.59 Å². The Bertz CT molecular complexity index is 816. The van der Waals surface area contributed by atoms with Crippen LogP contribution in [0.15, 0.2) is 42.6 Å². The second kappa shape index (κ2) is 8.64. The number of carbonyl (C=O) groups excluding carboxylic acids is 2. The predicted molar refractivity (Wildman–Crippen MR) is 106 cm³/mol. The zero-order valence-electron chi connectivity index (χ0n) is 15.5. The Morgan fingerprint density at radius 1 is 1.15 bits per heavy atom. The van der Waals surface area contributed by atoms with Gasteiger partial charge in [0.05, 0.1) is 6.54 Å². The molecule has 3 rings (SSSR count). The number of rotatable bonds is 6. The Hall–Kier alpha value is -2.93. The van der Waals surface area contributed by atoms with E-state index in [1.165, 1.54) is 0 Å². The van der Waals surface area contributed by atoms with Crippen LogP contribution < -0.4 is 16.0 Å². The van der Waals surface area contributed by atoms with E-state index < -0.39 is 5.91 Å². The van der Waals surface area contributed by atoms with Crippen LogP contribution in [-0.4, -0.2) is 54.4 Å². The topological polar surface area (TPSA) is 91.6 Å². The second-order valence-electron chi connectivity index (χ2n) is 6.59. The molecule has 27 heavy (non-hydrogen) atoms. The molecule has 0 saturated carbocycles. The van der Waals surface area contributed by atoms with E-state index in [4.69, 9.17) is 5.73 Å². The standard InChI is InChI=1S/C20H25N5O2/c1-2-15-5-3-4-6-17(15)23-19(26)14-24-9-11-25(12-10-24)16-7-8-22-18(13-16)20(21)27/h3-8,13H,2,9-12,14H2,1H3,(H2,21,27)(H,23,26). The average molecular weight is 367 g/mol. The number of aromatic nitrogens is 1. The van der Waals surface area contributed by atoms with Crippen LogP contribution in [0.1, 0.15) is 23.0 Å². The van der Waals surface area contributed by atoms with Gasteiger partial charge in [-0.15, -0.1) is 0 Å². The SMILES string of the molecule is CCc1ccccc1NC(=O)CN1CCN(c2ccnc(C(N)=O)c2)CC1. The van der Waals surface area contributed by atoms with Crippen LogP contribution in [0.25, 0.3) is 0 Å². The van der Waals surface area contributed by atoms with Gasteiger partial charge in [0, 0.05) is 43.8 Å². The maximum Gasteiger partial charge on any atom is 0.267 e. The summed E-state index contributed by atoms with van der Waals surface area (Å²) >= 11 is 0. The summed E-state index contributed by atoms with van der Waals surface area (Å²) in [7, 11) is 0. The monoisotopic (exact) mass is 367 g/mol. The Morgan fingerprint density at radius 3 is 2.59 bits per heavy atom. The number of aryl methyl sites for hydroxylation is 1. The average Bonchev–Trinajstić information content (AvgIpc) is 2.69. The van der Waals surface area contributed by atoms with Crippen LogP contribution in [0.3, 0.4) is 0 Å². The first-order valence-corrected chi connectivity index (χ1v) is 9.17. The normalized spacial score (nSPS) is 14.8. The minimum Gasteiger partial charge on any atom is -0.369 e. The zero-order chi connectivity index (χ0) is 19.2. The lowest BCUT2D eigenvalue weighted by Gasteiger charge is -2.35. The van der Waals surface area contributed by atoms with Crippen LogP contribution in [0.5, 0.6) is 0 Å². The van der Waals surface area contributed by atoms with E-state index in [1.807, 2.05) is 30.3 Å². The van der Waals surface area contributed by atoms with Crippen molar-refractivity contribution in [3.8, 4) is 0 Å². The van der Waals surface area contributed by atoms with Gasteiger partial charge in [-0.25, -0.2) is 0 Å². The van der Waals surface area contributed by atoms with E-state index in [-0.39, 0.29) is 11.6 Å². The number of primary amides is 1. The molecule has 1 aromatic heterocycles. The summed E-state index contributed by atoms with van der Waals surface area (Å²) in [5, 5.41) is 3.02. The Labute approximate surface area is 159 Å². The van der Waals surface area contributed by atoms with Gasteiger partial charge in [-0.2, -0.15) is 0 Å². The van der Waals surface area contributed by atoms with Crippen LogP contribution in [-0.2, 0) is 11.2 Å². The van der Waals surface area contributed by atoms with Gasteiger partial charge in [0.1, 0.15) is 5.69 Å². The lowest BCUT2D eigenvalue weighted by molar-refractivity contribution is -0.117. The van der Waals surface area contributed by atoms with Gasteiger partial charge in [-0.3, -0.25) is 19.5 Å². The number of piperazine rings is 1. The maximum atomic E-state index is 12.4. The third-order valence-corrected chi connectivity index (χ3v) is 4.77.